The second-order valence-corrected chi connectivity index (χ2v) is 5.26. The lowest BCUT2D eigenvalue weighted by molar-refractivity contribution is -0.121. The zero-order valence-electron chi connectivity index (χ0n) is 8.95. The molecule has 0 fully saturated rings. The number of rotatable bonds is 6. The van der Waals surface area contributed by atoms with Gasteiger partial charge in [0.05, 0.1) is 6.10 Å². The van der Waals surface area contributed by atoms with Gasteiger partial charge < -0.3 is 5.11 Å². The number of hydrogen-bond donors (Lipinski definition) is 2. The predicted octanol–water partition coefficient (Wildman–Crippen LogP) is 0.0858. The summed E-state index contributed by atoms with van der Waals surface area (Å²) >= 11 is 0. The highest BCUT2D eigenvalue weighted by atomic mass is 32.2. The summed E-state index contributed by atoms with van der Waals surface area (Å²) in [6, 6.07) is 0. The minimum Gasteiger partial charge on any atom is -0.393 e. The highest BCUT2D eigenvalue weighted by molar-refractivity contribution is 7.87. The fraction of sp³-hybridized carbons (Fsp3) is 1.00. The maximum absolute atomic E-state index is 11.8. The van der Waals surface area contributed by atoms with Gasteiger partial charge in [0, 0.05) is 13.6 Å². The molecule has 0 saturated heterocycles. The Hall–Kier alpha value is -0.380. The molecule has 16 heavy (non-hydrogen) atoms. The van der Waals surface area contributed by atoms with Crippen LogP contribution in [0.25, 0.3) is 0 Å². The molecule has 0 bridgehead atoms. The van der Waals surface area contributed by atoms with E-state index < -0.39 is 29.0 Å². The third-order valence-electron chi connectivity index (χ3n) is 1.73. The second kappa shape index (κ2) is 5.80. The van der Waals surface area contributed by atoms with Crippen molar-refractivity contribution < 1.29 is 26.7 Å². The Bertz CT molecular complexity index is 302. The summed E-state index contributed by atoms with van der Waals surface area (Å²) in [5.41, 5.74) is 0. The number of halogens is 3. The van der Waals surface area contributed by atoms with Crippen LogP contribution in [0.15, 0.2) is 0 Å². The van der Waals surface area contributed by atoms with Crippen molar-refractivity contribution in [2.45, 2.75) is 25.6 Å². The van der Waals surface area contributed by atoms with Crippen LogP contribution in [0.2, 0.25) is 0 Å². The van der Waals surface area contributed by atoms with E-state index in [1.54, 1.807) is 0 Å². The molecular weight excluding hydrogens is 249 g/mol. The van der Waals surface area contributed by atoms with Gasteiger partial charge >= 0.3 is 6.18 Å². The molecule has 0 rings (SSSR count). The van der Waals surface area contributed by atoms with Crippen LogP contribution in [-0.4, -0.2) is 50.2 Å². The number of nitrogens with one attached hydrogen (secondary N) is 1. The van der Waals surface area contributed by atoms with Crippen molar-refractivity contribution in [1.82, 2.24) is 9.03 Å². The van der Waals surface area contributed by atoms with Gasteiger partial charge in [-0.05, 0) is 13.3 Å². The first kappa shape index (κ1) is 15.6. The molecule has 1 atom stereocenters. The Labute approximate surface area is 92.4 Å². The molecule has 0 aliphatic carbocycles. The summed E-state index contributed by atoms with van der Waals surface area (Å²) in [5.74, 6) is 0. The molecule has 0 saturated carbocycles. The van der Waals surface area contributed by atoms with Crippen LogP contribution in [0.1, 0.15) is 13.3 Å². The van der Waals surface area contributed by atoms with Crippen LogP contribution in [-0.2, 0) is 10.2 Å². The Kier molecular flexibility index (Phi) is 5.66. The average Bonchev–Trinajstić information content (AvgIpc) is 2.10. The molecule has 0 aromatic heterocycles. The number of hydrogen-bond acceptors (Lipinski definition) is 3. The van der Waals surface area contributed by atoms with Gasteiger partial charge in [0.1, 0.15) is 6.54 Å². The molecule has 1 unspecified atom stereocenters. The number of aliphatic hydroxyl groups excluding tert-OH is 1. The molecule has 0 aromatic rings. The first-order valence-corrected chi connectivity index (χ1v) is 5.94. The maximum atomic E-state index is 11.8. The molecule has 0 aliphatic heterocycles. The first-order valence-electron chi connectivity index (χ1n) is 4.50. The lowest BCUT2D eigenvalue weighted by Gasteiger charge is -2.18. The van der Waals surface area contributed by atoms with Crippen LogP contribution < -0.4 is 4.72 Å². The number of alkyl halides is 3. The smallest absolute Gasteiger partial charge is 0.393 e. The van der Waals surface area contributed by atoms with Crippen molar-refractivity contribution in [3.05, 3.63) is 0 Å². The van der Waals surface area contributed by atoms with Gasteiger partial charge in [-0.15, -0.1) is 0 Å². The molecule has 0 aliphatic rings. The van der Waals surface area contributed by atoms with Crippen molar-refractivity contribution in [2.75, 3.05) is 20.1 Å². The average molecular weight is 264 g/mol. The molecule has 0 spiro atoms. The lowest BCUT2D eigenvalue weighted by atomic mass is 10.3. The van der Waals surface area contributed by atoms with E-state index in [1.807, 2.05) is 0 Å². The van der Waals surface area contributed by atoms with E-state index in [4.69, 9.17) is 5.11 Å². The van der Waals surface area contributed by atoms with Gasteiger partial charge in [-0.1, -0.05) is 0 Å². The fourth-order valence-corrected chi connectivity index (χ4v) is 1.68. The van der Waals surface area contributed by atoms with Crippen molar-refractivity contribution >= 4 is 10.2 Å². The molecule has 98 valence electrons. The minimum absolute atomic E-state index is 0.0507. The van der Waals surface area contributed by atoms with Gasteiger partial charge in [-0.3, -0.25) is 0 Å². The van der Waals surface area contributed by atoms with Crippen LogP contribution >= 0.6 is 0 Å². The Balaban J connectivity index is 4.22. The van der Waals surface area contributed by atoms with E-state index in [2.05, 4.69) is 0 Å². The van der Waals surface area contributed by atoms with E-state index in [0.29, 0.717) is 0 Å². The summed E-state index contributed by atoms with van der Waals surface area (Å²) in [5, 5.41) is 8.90. The zero-order valence-corrected chi connectivity index (χ0v) is 9.77. The summed E-state index contributed by atoms with van der Waals surface area (Å²) in [7, 11) is -3.00. The van der Waals surface area contributed by atoms with Crippen LogP contribution in [0.5, 0.6) is 0 Å². The van der Waals surface area contributed by atoms with Gasteiger partial charge in [-0.2, -0.15) is 30.6 Å². The van der Waals surface area contributed by atoms with Gasteiger partial charge in [0.25, 0.3) is 10.2 Å². The largest absolute Gasteiger partial charge is 0.402 e. The Morgan fingerprint density at radius 1 is 1.44 bits per heavy atom. The van der Waals surface area contributed by atoms with Crippen LogP contribution in [0.4, 0.5) is 13.2 Å². The van der Waals surface area contributed by atoms with Gasteiger partial charge in [-0.25, -0.2) is 0 Å². The quantitative estimate of drug-likeness (QED) is 0.714. The third-order valence-corrected chi connectivity index (χ3v) is 3.24. The van der Waals surface area contributed by atoms with Gasteiger partial charge in [0.2, 0.25) is 0 Å². The Morgan fingerprint density at radius 3 is 2.31 bits per heavy atom. The molecule has 0 heterocycles. The maximum Gasteiger partial charge on any atom is 0.402 e. The van der Waals surface area contributed by atoms with E-state index in [1.165, 1.54) is 11.6 Å². The molecular formula is C7H15F3N2O3S. The zero-order chi connectivity index (χ0) is 13.0. The van der Waals surface area contributed by atoms with E-state index in [-0.39, 0.29) is 13.0 Å². The van der Waals surface area contributed by atoms with Crippen LogP contribution in [0, 0.1) is 0 Å². The summed E-state index contributed by atoms with van der Waals surface area (Å²) in [6.07, 6.45) is -5.14. The van der Waals surface area contributed by atoms with Crippen molar-refractivity contribution in [3.8, 4) is 0 Å². The molecule has 0 amide bonds. The highest BCUT2D eigenvalue weighted by Crippen LogP contribution is 2.13. The Morgan fingerprint density at radius 2 is 1.94 bits per heavy atom. The predicted molar refractivity (Wildman–Crippen MR) is 51.9 cm³/mol. The first-order chi connectivity index (χ1) is 7.04. The fourth-order valence-electron chi connectivity index (χ4n) is 0.772. The van der Waals surface area contributed by atoms with Crippen LogP contribution in [0.3, 0.4) is 0 Å². The van der Waals surface area contributed by atoms with Crippen molar-refractivity contribution in [1.29, 1.82) is 0 Å². The normalized spacial score (nSPS) is 15.4. The molecule has 0 radical (unpaired) electrons. The van der Waals surface area contributed by atoms with Crippen molar-refractivity contribution in [2.24, 2.45) is 0 Å². The molecule has 0 aromatic carbocycles. The number of nitrogens with zero attached hydrogens (tertiary/aromatic N) is 1. The summed E-state index contributed by atoms with van der Waals surface area (Å²) < 4.78 is 59.9. The number of aliphatic hydroxyl groups is 1. The monoisotopic (exact) mass is 264 g/mol. The van der Waals surface area contributed by atoms with E-state index >= 15 is 0 Å². The minimum atomic E-state index is -4.59. The third kappa shape index (κ3) is 6.99. The topological polar surface area (TPSA) is 69.6 Å². The second-order valence-electron chi connectivity index (χ2n) is 3.40. The molecule has 2 N–H and O–H groups in total. The summed E-state index contributed by atoms with van der Waals surface area (Å²) in [4.78, 5) is 0. The van der Waals surface area contributed by atoms with Crippen molar-refractivity contribution in [3.63, 3.8) is 0 Å². The summed E-state index contributed by atoms with van der Waals surface area (Å²) in [6.45, 7) is -0.192. The lowest BCUT2D eigenvalue weighted by Crippen LogP contribution is -2.43. The standard InChI is InChI=1S/C7H15F3N2O3S/c1-6(13)3-4-12(2)16(14,15)11-5-7(8,9)10/h6,11,13H,3-5H2,1-2H3. The SMILES string of the molecule is CC(O)CCN(C)S(=O)(=O)NCC(F)(F)F. The van der Waals surface area contributed by atoms with Gasteiger partial charge in [0.15, 0.2) is 0 Å². The molecule has 5 nitrogen and oxygen atoms in total. The van der Waals surface area contributed by atoms with E-state index in [9.17, 15) is 21.6 Å². The highest BCUT2D eigenvalue weighted by Gasteiger charge is 2.30. The van der Waals surface area contributed by atoms with E-state index in [0.717, 1.165) is 11.4 Å². The molecule has 9 heteroatoms.